The van der Waals surface area contributed by atoms with E-state index >= 15 is 0 Å². The minimum absolute atomic E-state index is 0.0637. The Bertz CT molecular complexity index is 682. The Morgan fingerprint density at radius 1 is 1.43 bits per heavy atom. The monoisotopic (exact) mass is 289 g/mol. The van der Waals surface area contributed by atoms with Crippen LogP contribution in [0.5, 0.6) is 0 Å². The summed E-state index contributed by atoms with van der Waals surface area (Å²) in [6, 6.07) is 0. The Kier molecular flexibility index (Phi) is 3.15. The van der Waals surface area contributed by atoms with E-state index in [4.69, 9.17) is 0 Å². The molecule has 0 aromatic carbocycles. The second kappa shape index (κ2) is 4.87. The van der Waals surface area contributed by atoms with Gasteiger partial charge < -0.3 is 20.5 Å². The number of anilines is 2. The van der Waals surface area contributed by atoms with Crippen molar-refractivity contribution in [2.45, 2.75) is 13.3 Å². The first-order valence-electron chi connectivity index (χ1n) is 6.93. The number of carbonyl (C=O) groups is 1. The molecule has 1 aliphatic heterocycles. The van der Waals surface area contributed by atoms with Crippen LogP contribution >= 0.6 is 0 Å². The summed E-state index contributed by atoms with van der Waals surface area (Å²) in [4.78, 5) is 30.3. The van der Waals surface area contributed by atoms with E-state index in [1.165, 1.54) is 0 Å². The molecule has 0 saturated carbocycles. The van der Waals surface area contributed by atoms with Gasteiger partial charge in [-0.05, 0) is 13.3 Å². The largest absolute Gasteiger partial charge is 0.359 e. The lowest BCUT2D eigenvalue weighted by molar-refractivity contribution is -0.128. The zero-order valence-corrected chi connectivity index (χ0v) is 12.4. The number of fused-ring (bicyclic) bond motifs is 1. The van der Waals surface area contributed by atoms with Crippen LogP contribution in [0.4, 0.5) is 11.8 Å². The molecule has 0 spiro atoms. The van der Waals surface area contributed by atoms with Gasteiger partial charge in [-0.1, -0.05) is 0 Å². The average molecular weight is 289 g/mol. The minimum Gasteiger partial charge on any atom is -0.359 e. The van der Waals surface area contributed by atoms with Crippen LogP contribution in [0.1, 0.15) is 13.3 Å². The van der Waals surface area contributed by atoms with Crippen molar-refractivity contribution in [2.24, 2.45) is 5.41 Å². The number of carbonyl (C=O) groups excluding carboxylic acids is 1. The molecule has 1 aliphatic rings. The van der Waals surface area contributed by atoms with Crippen LogP contribution in [0.3, 0.4) is 0 Å². The first kappa shape index (κ1) is 13.6. The van der Waals surface area contributed by atoms with Crippen LogP contribution in [0.15, 0.2) is 6.33 Å². The minimum atomic E-state index is -0.397. The molecule has 1 amide bonds. The molecule has 1 saturated heterocycles. The van der Waals surface area contributed by atoms with E-state index in [0.29, 0.717) is 18.1 Å². The molecule has 3 heterocycles. The highest BCUT2D eigenvalue weighted by Gasteiger charge is 2.41. The maximum absolute atomic E-state index is 12.0. The van der Waals surface area contributed by atoms with E-state index in [-0.39, 0.29) is 5.91 Å². The number of aromatic amines is 1. The first-order chi connectivity index (χ1) is 10.1. The summed E-state index contributed by atoms with van der Waals surface area (Å²) in [5, 5.41) is 5.69. The lowest BCUT2D eigenvalue weighted by Gasteiger charge is -2.23. The van der Waals surface area contributed by atoms with E-state index in [2.05, 4.69) is 35.5 Å². The van der Waals surface area contributed by atoms with Crippen LogP contribution < -0.4 is 15.5 Å². The van der Waals surface area contributed by atoms with Gasteiger partial charge in [0.25, 0.3) is 0 Å². The third-order valence-electron chi connectivity index (χ3n) is 4.04. The summed E-state index contributed by atoms with van der Waals surface area (Å²) in [7, 11) is 3.45. The van der Waals surface area contributed by atoms with Crippen molar-refractivity contribution in [3.63, 3.8) is 0 Å². The van der Waals surface area contributed by atoms with Crippen molar-refractivity contribution >= 4 is 28.8 Å². The summed E-state index contributed by atoms with van der Waals surface area (Å²) in [5.41, 5.74) is 1.03. The van der Waals surface area contributed by atoms with E-state index in [1.54, 1.807) is 20.4 Å². The lowest BCUT2D eigenvalue weighted by atomic mass is 9.89. The fraction of sp³-hybridized carbons (Fsp3) is 0.538. The Labute approximate surface area is 122 Å². The molecule has 112 valence electrons. The molecule has 3 N–H and O–H groups in total. The zero-order chi connectivity index (χ0) is 15.0. The normalized spacial score (nSPS) is 21.8. The molecule has 21 heavy (non-hydrogen) atoms. The number of amides is 1. The van der Waals surface area contributed by atoms with Crippen LogP contribution in [-0.4, -0.2) is 53.0 Å². The first-order valence-corrected chi connectivity index (χ1v) is 6.93. The second-order valence-corrected chi connectivity index (χ2v) is 5.53. The van der Waals surface area contributed by atoms with Gasteiger partial charge >= 0.3 is 0 Å². The molecule has 1 unspecified atom stereocenters. The fourth-order valence-corrected chi connectivity index (χ4v) is 2.79. The van der Waals surface area contributed by atoms with Gasteiger partial charge in [0, 0.05) is 27.2 Å². The van der Waals surface area contributed by atoms with Crippen molar-refractivity contribution in [2.75, 3.05) is 37.4 Å². The summed E-state index contributed by atoms with van der Waals surface area (Å²) in [6.45, 7) is 3.38. The van der Waals surface area contributed by atoms with E-state index in [1.807, 2.05) is 6.92 Å². The molecule has 1 fully saturated rings. The number of aromatic nitrogens is 4. The average Bonchev–Trinajstić information content (AvgIpc) is 3.12. The van der Waals surface area contributed by atoms with Gasteiger partial charge in [-0.2, -0.15) is 9.97 Å². The number of hydrogen-bond acceptors (Lipinski definition) is 6. The maximum Gasteiger partial charge on any atom is 0.227 e. The topological polar surface area (TPSA) is 98.8 Å². The zero-order valence-electron chi connectivity index (χ0n) is 12.4. The molecule has 0 aliphatic carbocycles. The van der Waals surface area contributed by atoms with Gasteiger partial charge in [0.1, 0.15) is 5.52 Å². The van der Waals surface area contributed by atoms with Crippen molar-refractivity contribution < 1.29 is 4.79 Å². The Balaban J connectivity index is 1.98. The molecular weight excluding hydrogens is 270 g/mol. The van der Waals surface area contributed by atoms with Crippen molar-refractivity contribution in [1.82, 2.24) is 25.3 Å². The van der Waals surface area contributed by atoms with Gasteiger partial charge in [0.2, 0.25) is 11.9 Å². The predicted molar refractivity (Wildman–Crippen MR) is 80.2 cm³/mol. The van der Waals surface area contributed by atoms with Gasteiger partial charge in [-0.3, -0.25) is 4.79 Å². The highest BCUT2D eigenvalue weighted by Crippen LogP contribution is 2.34. The molecule has 1 atom stereocenters. The van der Waals surface area contributed by atoms with Crippen LogP contribution in [0.2, 0.25) is 0 Å². The number of imidazole rings is 1. The van der Waals surface area contributed by atoms with Crippen molar-refractivity contribution in [1.29, 1.82) is 0 Å². The molecule has 0 radical (unpaired) electrons. The van der Waals surface area contributed by atoms with Crippen LogP contribution in [-0.2, 0) is 4.79 Å². The Morgan fingerprint density at radius 3 is 2.95 bits per heavy atom. The fourth-order valence-electron chi connectivity index (χ4n) is 2.79. The Hall–Kier alpha value is -2.38. The number of H-pyrrole nitrogens is 1. The molecule has 2 aromatic rings. The quantitative estimate of drug-likeness (QED) is 0.754. The number of hydrogen-bond donors (Lipinski definition) is 3. The van der Waals surface area contributed by atoms with Crippen molar-refractivity contribution in [3.05, 3.63) is 6.33 Å². The highest BCUT2D eigenvalue weighted by atomic mass is 16.2. The van der Waals surface area contributed by atoms with Gasteiger partial charge in [-0.15, -0.1) is 0 Å². The number of rotatable bonds is 3. The molecule has 0 bridgehead atoms. The molecule has 3 rings (SSSR count). The number of nitrogens with one attached hydrogen (secondary N) is 3. The summed E-state index contributed by atoms with van der Waals surface area (Å²) >= 11 is 0. The van der Waals surface area contributed by atoms with E-state index in [0.717, 1.165) is 24.3 Å². The smallest absolute Gasteiger partial charge is 0.227 e. The summed E-state index contributed by atoms with van der Waals surface area (Å²) in [6.07, 6.45) is 2.40. The molecular formula is C13H19N7O. The Morgan fingerprint density at radius 2 is 2.24 bits per heavy atom. The molecule has 8 heteroatoms. The number of nitrogens with zero attached hydrogens (tertiary/aromatic N) is 4. The third-order valence-corrected chi connectivity index (χ3v) is 4.04. The molecule has 8 nitrogen and oxygen atoms in total. The van der Waals surface area contributed by atoms with E-state index in [9.17, 15) is 4.79 Å². The van der Waals surface area contributed by atoms with Crippen LogP contribution in [0.25, 0.3) is 11.2 Å². The molecule has 2 aromatic heterocycles. The standard InChI is InChI=1S/C13H19N7O/c1-13(11(21)14-2)4-5-20(6-13)10-8-9(17-7-16-8)18-12(15-3)19-10/h7H,4-6H2,1-3H3,(H,14,21)(H2,15,16,17,18,19). The van der Waals surface area contributed by atoms with E-state index < -0.39 is 5.41 Å². The maximum atomic E-state index is 12.0. The SMILES string of the molecule is CNC(=O)C1(C)CCN(c2nc(NC)nc3nc[nH]c23)C1. The van der Waals surface area contributed by atoms with Crippen molar-refractivity contribution in [3.8, 4) is 0 Å². The van der Waals surface area contributed by atoms with Gasteiger partial charge in [0.05, 0.1) is 11.7 Å². The summed E-state index contributed by atoms with van der Waals surface area (Å²) < 4.78 is 0. The predicted octanol–water partition coefficient (Wildman–Crippen LogP) is 0.357. The third kappa shape index (κ3) is 2.16. The lowest BCUT2D eigenvalue weighted by Crippen LogP contribution is -2.39. The summed E-state index contributed by atoms with van der Waals surface area (Å²) in [5.74, 6) is 1.38. The van der Waals surface area contributed by atoms with Crippen LogP contribution in [0, 0.1) is 5.41 Å². The highest BCUT2D eigenvalue weighted by molar-refractivity contribution is 5.87. The van der Waals surface area contributed by atoms with Gasteiger partial charge in [-0.25, -0.2) is 4.98 Å². The van der Waals surface area contributed by atoms with Gasteiger partial charge in [0.15, 0.2) is 11.5 Å². The second-order valence-electron chi connectivity index (χ2n) is 5.53.